The number of carbonyl (C=O) groups excluding carboxylic acids is 1. The monoisotopic (exact) mass is 386 g/mol. The first-order valence-electron chi connectivity index (χ1n) is 9.24. The fourth-order valence-corrected chi connectivity index (χ4v) is 4.69. The molecule has 27 heavy (non-hydrogen) atoms. The molecule has 0 bridgehead atoms. The van der Waals surface area contributed by atoms with Crippen molar-refractivity contribution in [3.05, 3.63) is 59.7 Å². The van der Waals surface area contributed by atoms with Gasteiger partial charge in [-0.05, 0) is 62.1 Å². The third-order valence-electron chi connectivity index (χ3n) is 5.21. The van der Waals surface area contributed by atoms with Gasteiger partial charge in [-0.3, -0.25) is 4.79 Å². The Kier molecular flexibility index (Phi) is 5.67. The van der Waals surface area contributed by atoms with Crippen LogP contribution in [0.4, 0.5) is 5.69 Å². The van der Waals surface area contributed by atoms with Crippen LogP contribution in [0, 0.1) is 12.8 Å². The van der Waals surface area contributed by atoms with Gasteiger partial charge in [0.25, 0.3) is 5.91 Å². The van der Waals surface area contributed by atoms with Crippen molar-refractivity contribution in [1.82, 2.24) is 4.31 Å². The summed E-state index contributed by atoms with van der Waals surface area (Å²) in [6.07, 6.45) is 1.77. The van der Waals surface area contributed by atoms with E-state index in [0.717, 1.165) is 24.1 Å². The van der Waals surface area contributed by atoms with Gasteiger partial charge < -0.3 is 4.90 Å². The first-order chi connectivity index (χ1) is 12.8. The SMILES string of the molecule is Cc1ccc(N(C)C(=O)c2ccc(S(=O)(=O)N3CCC(C)CC3)cc2)cc1. The van der Waals surface area contributed by atoms with E-state index in [9.17, 15) is 13.2 Å². The molecule has 2 aromatic rings. The Balaban J connectivity index is 1.76. The second-order valence-corrected chi connectivity index (χ2v) is 9.25. The van der Waals surface area contributed by atoms with E-state index in [1.807, 2.05) is 31.2 Å². The molecule has 144 valence electrons. The van der Waals surface area contributed by atoms with E-state index in [1.54, 1.807) is 28.4 Å². The van der Waals surface area contributed by atoms with Gasteiger partial charge in [0.15, 0.2) is 0 Å². The first-order valence-corrected chi connectivity index (χ1v) is 10.7. The average molecular weight is 387 g/mol. The molecule has 0 unspecified atom stereocenters. The summed E-state index contributed by atoms with van der Waals surface area (Å²) in [4.78, 5) is 14.5. The van der Waals surface area contributed by atoms with E-state index >= 15 is 0 Å². The molecule has 0 spiro atoms. The third-order valence-corrected chi connectivity index (χ3v) is 7.12. The number of piperidine rings is 1. The summed E-state index contributed by atoms with van der Waals surface area (Å²) < 4.78 is 27.1. The number of hydrogen-bond acceptors (Lipinski definition) is 3. The molecule has 0 saturated carbocycles. The number of carbonyl (C=O) groups is 1. The van der Waals surface area contributed by atoms with Gasteiger partial charge in [0.2, 0.25) is 10.0 Å². The van der Waals surface area contributed by atoms with E-state index in [-0.39, 0.29) is 10.8 Å². The van der Waals surface area contributed by atoms with Gasteiger partial charge in [0.1, 0.15) is 0 Å². The number of aryl methyl sites for hydroxylation is 1. The van der Waals surface area contributed by atoms with Crippen molar-refractivity contribution in [2.75, 3.05) is 25.0 Å². The number of hydrogen-bond donors (Lipinski definition) is 0. The van der Waals surface area contributed by atoms with Crippen molar-refractivity contribution in [1.29, 1.82) is 0 Å². The summed E-state index contributed by atoms with van der Waals surface area (Å²) in [7, 11) is -1.78. The highest BCUT2D eigenvalue weighted by Gasteiger charge is 2.28. The molecule has 0 radical (unpaired) electrons. The molecule has 1 aliphatic heterocycles. The van der Waals surface area contributed by atoms with Crippen LogP contribution in [0.3, 0.4) is 0 Å². The zero-order valence-electron chi connectivity index (χ0n) is 16.1. The molecular weight excluding hydrogens is 360 g/mol. The van der Waals surface area contributed by atoms with Crippen molar-refractivity contribution in [3.63, 3.8) is 0 Å². The van der Waals surface area contributed by atoms with Crippen LogP contribution < -0.4 is 4.90 Å². The lowest BCUT2D eigenvalue weighted by Crippen LogP contribution is -2.37. The predicted molar refractivity (Wildman–Crippen MR) is 108 cm³/mol. The smallest absolute Gasteiger partial charge is 0.258 e. The molecule has 2 aromatic carbocycles. The fourth-order valence-electron chi connectivity index (χ4n) is 3.22. The molecule has 0 aromatic heterocycles. The van der Waals surface area contributed by atoms with Crippen LogP contribution in [0.25, 0.3) is 0 Å². The van der Waals surface area contributed by atoms with Crippen LogP contribution in [-0.4, -0.2) is 38.8 Å². The summed E-state index contributed by atoms with van der Waals surface area (Å²) >= 11 is 0. The standard InChI is InChI=1S/C21H26N2O3S/c1-16-4-8-19(9-5-16)22(3)21(24)18-6-10-20(11-7-18)27(25,26)23-14-12-17(2)13-15-23/h4-11,17H,12-15H2,1-3H3. The Morgan fingerprint density at radius 2 is 1.56 bits per heavy atom. The van der Waals surface area contributed by atoms with Gasteiger partial charge in [-0.1, -0.05) is 24.6 Å². The summed E-state index contributed by atoms with van der Waals surface area (Å²) in [5, 5.41) is 0. The Bertz CT molecular complexity index is 897. The summed E-state index contributed by atoms with van der Waals surface area (Å²) in [5.41, 5.74) is 2.38. The molecule has 0 aliphatic carbocycles. The molecular formula is C21H26N2O3S. The molecule has 0 atom stereocenters. The van der Waals surface area contributed by atoms with Crippen molar-refractivity contribution in [2.45, 2.75) is 31.6 Å². The molecule has 3 rings (SSSR count). The van der Waals surface area contributed by atoms with Crippen LogP contribution in [0.1, 0.15) is 35.7 Å². The van der Waals surface area contributed by atoms with Gasteiger partial charge in [-0.2, -0.15) is 4.31 Å². The first kappa shape index (κ1) is 19.6. The third kappa shape index (κ3) is 4.22. The highest BCUT2D eigenvalue weighted by atomic mass is 32.2. The van der Waals surface area contributed by atoms with E-state index in [0.29, 0.717) is 24.6 Å². The second-order valence-electron chi connectivity index (χ2n) is 7.31. The lowest BCUT2D eigenvalue weighted by molar-refractivity contribution is 0.0993. The Labute approximate surface area is 161 Å². The minimum absolute atomic E-state index is 0.172. The maximum Gasteiger partial charge on any atom is 0.258 e. The van der Waals surface area contributed by atoms with Crippen molar-refractivity contribution in [2.24, 2.45) is 5.92 Å². The van der Waals surface area contributed by atoms with Crippen LogP contribution in [-0.2, 0) is 10.0 Å². The Hall–Kier alpha value is -2.18. The number of rotatable bonds is 4. The van der Waals surface area contributed by atoms with E-state index < -0.39 is 10.0 Å². The lowest BCUT2D eigenvalue weighted by Gasteiger charge is -2.29. The van der Waals surface area contributed by atoms with E-state index in [4.69, 9.17) is 0 Å². The minimum atomic E-state index is -3.50. The predicted octanol–water partition coefficient (Wildman–Crippen LogP) is 3.69. The van der Waals surface area contributed by atoms with E-state index in [2.05, 4.69) is 6.92 Å². The normalized spacial score (nSPS) is 16.3. The van der Waals surface area contributed by atoms with Crippen LogP contribution in [0.5, 0.6) is 0 Å². The zero-order chi connectivity index (χ0) is 19.6. The molecule has 1 aliphatic rings. The molecule has 1 saturated heterocycles. The number of amides is 1. The second kappa shape index (κ2) is 7.82. The van der Waals surface area contributed by atoms with Crippen molar-refractivity contribution in [3.8, 4) is 0 Å². The van der Waals surface area contributed by atoms with Gasteiger partial charge in [-0.15, -0.1) is 0 Å². The molecule has 0 N–H and O–H groups in total. The number of anilines is 1. The summed E-state index contributed by atoms with van der Waals surface area (Å²) in [6.45, 7) is 5.25. The number of sulfonamides is 1. The van der Waals surface area contributed by atoms with Gasteiger partial charge in [-0.25, -0.2) is 8.42 Å². The largest absolute Gasteiger partial charge is 0.311 e. The lowest BCUT2D eigenvalue weighted by atomic mass is 10.0. The molecule has 6 heteroatoms. The van der Waals surface area contributed by atoms with Crippen molar-refractivity contribution >= 4 is 21.6 Å². The zero-order valence-corrected chi connectivity index (χ0v) is 16.9. The average Bonchev–Trinajstić information content (AvgIpc) is 2.68. The molecule has 1 fully saturated rings. The Morgan fingerprint density at radius 3 is 2.11 bits per heavy atom. The number of benzene rings is 2. The maximum absolute atomic E-state index is 12.8. The minimum Gasteiger partial charge on any atom is -0.311 e. The van der Waals surface area contributed by atoms with Crippen molar-refractivity contribution < 1.29 is 13.2 Å². The van der Waals surface area contributed by atoms with Gasteiger partial charge in [0, 0.05) is 31.4 Å². The summed E-state index contributed by atoms with van der Waals surface area (Å²) in [6, 6.07) is 13.9. The summed E-state index contributed by atoms with van der Waals surface area (Å²) in [5.74, 6) is 0.392. The molecule has 1 amide bonds. The van der Waals surface area contributed by atoms with Crippen LogP contribution >= 0.6 is 0 Å². The quantitative estimate of drug-likeness (QED) is 0.805. The Morgan fingerprint density at radius 1 is 1.00 bits per heavy atom. The van der Waals surface area contributed by atoms with E-state index in [1.165, 1.54) is 12.1 Å². The van der Waals surface area contributed by atoms with Crippen LogP contribution in [0.15, 0.2) is 53.4 Å². The van der Waals surface area contributed by atoms with Gasteiger partial charge >= 0.3 is 0 Å². The van der Waals surface area contributed by atoms with Gasteiger partial charge in [0.05, 0.1) is 4.90 Å². The highest BCUT2D eigenvalue weighted by molar-refractivity contribution is 7.89. The highest BCUT2D eigenvalue weighted by Crippen LogP contribution is 2.24. The van der Waals surface area contributed by atoms with Crippen LogP contribution in [0.2, 0.25) is 0 Å². The molecule has 1 heterocycles. The number of nitrogens with zero attached hydrogens (tertiary/aromatic N) is 2. The molecule has 5 nitrogen and oxygen atoms in total. The topological polar surface area (TPSA) is 57.7 Å². The fraction of sp³-hybridized carbons (Fsp3) is 0.381. The maximum atomic E-state index is 12.8.